The molecular formula is C17H13ClFN5O2. The summed E-state index contributed by atoms with van der Waals surface area (Å²) < 4.78 is 13.3. The Morgan fingerprint density at radius 3 is 2.46 bits per heavy atom. The van der Waals surface area contributed by atoms with Crippen LogP contribution in [0.15, 0.2) is 48.8 Å². The molecule has 2 aromatic carbocycles. The van der Waals surface area contributed by atoms with Gasteiger partial charge in [0.05, 0.1) is 9.95 Å². The van der Waals surface area contributed by atoms with Gasteiger partial charge in [0.2, 0.25) is 11.6 Å². The third kappa shape index (κ3) is 3.70. The minimum atomic E-state index is -0.589. The normalized spacial score (nSPS) is 10.4. The van der Waals surface area contributed by atoms with Gasteiger partial charge in [-0.2, -0.15) is 0 Å². The van der Waals surface area contributed by atoms with Crippen molar-refractivity contribution < 1.29 is 9.31 Å². The van der Waals surface area contributed by atoms with Crippen LogP contribution >= 0.6 is 11.6 Å². The first-order chi connectivity index (χ1) is 12.5. The third-order valence-electron chi connectivity index (χ3n) is 3.59. The van der Waals surface area contributed by atoms with Crippen molar-refractivity contribution in [2.75, 3.05) is 10.6 Å². The number of benzene rings is 2. The van der Waals surface area contributed by atoms with Crippen LogP contribution in [0.4, 0.5) is 33.1 Å². The van der Waals surface area contributed by atoms with Gasteiger partial charge >= 0.3 is 5.69 Å². The number of nitrogens with zero attached hydrogens (tertiary/aromatic N) is 3. The highest BCUT2D eigenvalue weighted by atomic mass is 35.5. The predicted molar refractivity (Wildman–Crippen MR) is 97.8 cm³/mol. The summed E-state index contributed by atoms with van der Waals surface area (Å²) in [6, 6.07) is 11.2. The number of aromatic nitrogens is 2. The van der Waals surface area contributed by atoms with E-state index in [4.69, 9.17) is 11.6 Å². The standard InChI is InChI=1S/C17H13ClFN5O2/c1-10-4-2-3-5-14(10)23-17-15(24(25)26)16(20-9-21-17)22-11-6-7-13(19)12(18)8-11/h2-9H,1H3,(H2,20,21,22,23). The second-order valence-corrected chi connectivity index (χ2v) is 5.78. The van der Waals surface area contributed by atoms with Gasteiger partial charge in [-0.15, -0.1) is 0 Å². The Morgan fingerprint density at radius 2 is 1.81 bits per heavy atom. The van der Waals surface area contributed by atoms with Crippen LogP contribution in [-0.4, -0.2) is 14.9 Å². The van der Waals surface area contributed by atoms with E-state index in [0.717, 1.165) is 11.6 Å². The second kappa shape index (κ2) is 7.32. The summed E-state index contributed by atoms with van der Waals surface area (Å²) >= 11 is 5.74. The molecule has 0 atom stereocenters. The molecule has 26 heavy (non-hydrogen) atoms. The Balaban J connectivity index is 1.99. The lowest BCUT2D eigenvalue weighted by Gasteiger charge is -2.11. The van der Waals surface area contributed by atoms with Gasteiger partial charge in [-0.25, -0.2) is 14.4 Å². The molecule has 0 aliphatic heterocycles. The molecule has 7 nitrogen and oxygen atoms in total. The van der Waals surface area contributed by atoms with E-state index in [0.29, 0.717) is 11.4 Å². The smallest absolute Gasteiger partial charge is 0.334 e. The fourth-order valence-corrected chi connectivity index (χ4v) is 2.47. The minimum Gasteiger partial charge on any atom is -0.334 e. The number of nitro groups is 1. The van der Waals surface area contributed by atoms with Gasteiger partial charge in [0.25, 0.3) is 0 Å². The van der Waals surface area contributed by atoms with Gasteiger partial charge < -0.3 is 10.6 Å². The van der Waals surface area contributed by atoms with E-state index in [1.807, 2.05) is 25.1 Å². The van der Waals surface area contributed by atoms with Crippen molar-refractivity contribution in [2.24, 2.45) is 0 Å². The molecule has 0 spiro atoms. The Labute approximate surface area is 153 Å². The number of hydrogen-bond acceptors (Lipinski definition) is 6. The van der Waals surface area contributed by atoms with Crippen molar-refractivity contribution in [3.05, 3.63) is 75.3 Å². The zero-order valence-electron chi connectivity index (χ0n) is 13.5. The molecule has 0 amide bonds. The number of rotatable bonds is 5. The van der Waals surface area contributed by atoms with Gasteiger partial charge in [0.1, 0.15) is 12.1 Å². The number of aryl methyl sites for hydroxylation is 1. The molecule has 0 unspecified atom stereocenters. The quantitative estimate of drug-likeness (QED) is 0.484. The largest absolute Gasteiger partial charge is 0.353 e. The minimum absolute atomic E-state index is 0.0370. The molecule has 0 saturated heterocycles. The fraction of sp³-hybridized carbons (Fsp3) is 0.0588. The zero-order valence-corrected chi connectivity index (χ0v) is 14.3. The Morgan fingerprint density at radius 1 is 1.12 bits per heavy atom. The summed E-state index contributed by atoms with van der Waals surface area (Å²) in [5, 5.41) is 17.2. The van der Waals surface area contributed by atoms with Gasteiger partial charge in [0, 0.05) is 11.4 Å². The van der Waals surface area contributed by atoms with Crippen LogP contribution < -0.4 is 10.6 Å². The van der Waals surface area contributed by atoms with Crippen LogP contribution in [0.2, 0.25) is 5.02 Å². The first-order valence-electron chi connectivity index (χ1n) is 7.50. The average molecular weight is 374 g/mol. The van der Waals surface area contributed by atoms with Crippen molar-refractivity contribution in [3.8, 4) is 0 Å². The maximum Gasteiger partial charge on any atom is 0.353 e. The molecule has 0 fully saturated rings. The monoisotopic (exact) mass is 373 g/mol. The fourth-order valence-electron chi connectivity index (χ4n) is 2.29. The molecule has 3 rings (SSSR count). The molecular weight excluding hydrogens is 361 g/mol. The lowest BCUT2D eigenvalue weighted by molar-refractivity contribution is -0.383. The number of nitrogens with one attached hydrogen (secondary N) is 2. The van der Waals surface area contributed by atoms with Crippen LogP contribution in [0.3, 0.4) is 0 Å². The first-order valence-corrected chi connectivity index (χ1v) is 7.87. The highest BCUT2D eigenvalue weighted by Gasteiger charge is 2.23. The first kappa shape index (κ1) is 17.6. The summed E-state index contributed by atoms with van der Waals surface area (Å²) in [5.41, 5.74) is 1.61. The second-order valence-electron chi connectivity index (χ2n) is 5.37. The Hall–Kier alpha value is -3.26. The molecule has 0 aliphatic carbocycles. The van der Waals surface area contributed by atoms with E-state index in [2.05, 4.69) is 20.6 Å². The van der Waals surface area contributed by atoms with Crippen molar-refractivity contribution >= 4 is 40.3 Å². The molecule has 3 aromatic rings. The summed E-state index contributed by atoms with van der Waals surface area (Å²) in [4.78, 5) is 18.9. The van der Waals surface area contributed by atoms with E-state index in [-0.39, 0.29) is 22.3 Å². The van der Waals surface area contributed by atoms with Crippen LogP contribution in [0.25, 0.3) is 0 Å². The van der Waals surface area contributed by atoms with Gasteiger partial charge in [-0.3, -0.25) is 10.1 Å². The summed E-state index contributed by atoms with van der Waals surface area (Å²) in [6.45, 7) is 1.87. The van der Waals surface area contributed by atoms with Gasteiger partial charge in [-0.05, 0) is 36.8 Å². The van der Waals surface area contributed by atoms with Crippen molar-refractivity contribution in [2.45, 2.75) is 6.92 Å². The molecule has 0 radical (unpaired) electrons. The van der Waals surface area contributed by atoms with E-state index >= 15 is 0 Å². The van der Waals surface area contributed by atoms with E-state index in [1.165, 1.54) is 18.5 Å². The van der Waals surface area contributed by atoms with E-state index in [9.17, 15) is 14.5 Å². The summed E-state index contributed by atoms with van der Waals surface area (Å²) in [5.74, 6) is -0.588. The SMILES string of the molecule is Cc1ccccc1Nc1ncnc(Nc2ccc(F)c(Cl)c2)c1[N+](=O)[O-]. The average Bonchev–Trinajstić information content (AvgIpc) is 2.60. The zero-order chi connectivity index (χ0) is 18.7. The van der Waals surface area contributed by atoms with Crippen molar-refractivity contribution in [1.82, 2.24) is 9.97 Å². The number of anilines is 4. The van der Waals surface area contributed by atoms with Crippen LogP contribution in [0.5, 0.6) is 0 Å². The third-order valence-corrected chi connectivity index (χ3v) is 3.87. The molecule has 0 aliphatic rings. The van der Waals surface area contributed by atoms with Crippen LogP contribution in [-0.2, 0) is 0 Å². The van der Waals surface area contributed by atoms with Gasteiger partial charge in [0.15, 0.2) is 0 Å². The van der Waals surface area contributed by atoms with Crippen LogP contribution in [0.1, 0.15) is 5.56 Å². The van der Waals surface area contributed by atoms with E-state index < -0.39 is 10.7 Å². The number of para-hydroxylation sites is 1. The molecule has 2 N–H and O–H groups in total. The van der Waals surface area contributed by atoms with Crippen molar-refractivity contribution in [3.63, 3.8) is 0 Å². The highest BCUT2D eigenvalue weighted by Crippen LogP contribution is 2.34. The lowest BCUT2D eigenvalue weighted by Crippen LogP contribution is -2.06. The molecule has 0 saturated carbocycles. The molecule has 1 heterocycles. The van der Waals surface area contributed by atoms with Crippen molar-refractivity contribution in [1.29, 1.82) is 0 Å². The molecule has 132 valence electrons. The maximum absolute atomic E-state index is 13.3. The molecule has 9 heteroatoms. The van der Waals surface area contributed by atoms with Gasteiger partial charge in [-0.1, -0.05) is 29.8 Å². The maximum atomic E-state index is 13.3. The Bertz CT molecular complexity index is 983. The number of halogens is 2. The highest BCUT2D eigenvalue weighted by molar-refractivity contribution is 6.31. The molecule has 0 bridgehead atoms. The topological polar surface area (TPSA) is 93.0 Å². The lowest BCUT2D eigenvalue weighted by atomic mass is 10.2. The summed E-state index contributed by atoms with van der Waals surface area (Å²) in [7, 11) is 0. The van der Waals surface area contributed by atoms with Crippen LogP contribution in [0, 0.1) is 22.9 Å². The molecule has 1 aromatic heterocycles. The Kier molecular flexibility index (Phi) is 4.94. The number of hydrogen-bond donors (Lipinski definition) is 2. The van der Waals surface area contributed by atoms with E-state index in [1.54, 1.807) is 6.07 Å². The summed E-state index contributed by atoms with van der Waals surface area (Å²) in [6.07, 6.45) is 1.20. The predicted octanol–water partition coefficient (Wildman–Crippen LogP) is 4.97.